The minimum atomic E-state index is 0.193. The summed E-state index contributed by atoms with van der Waals surface area (Å²) in [4.78, 5) is 4.42. The SMILES string of the molecule is CCCCOc1ccc(/C=N/c2oc(-c3ccco3)c(-c3ccco3)c2C#N)cc1. The summed E-state index contributed by atoms with van der Waals surface area (Å²) in [7, 11) is 0. The van der Waals surface area contributed by atoms with Gasteiger partial charge < -0.3 is 18.0 Å². The van der Waals surface area contributed by atoms with Crippen molar-refractivity contribution in [1.82, 2.24) is 0 Å². The van der Waals surface area contributed by atoms with Crippen LogP contribution in [0.4, 0.5) is 5.88 Å². The molecule has 6 nitrogen and oxygen atoms in total. The van der Waals surface area contributed by atoms with E-state index in [0.29, 0.717) is 29.5 Å². The summed E-state index contributed by atoms with van der Waals surface area (Å²) in [5.74, 6) is 2.41. The lowest BCUT2D eigenvalue weighted by Crippen LogP contribution is -1.96. The van der Waals surface area contributed by atoms with Gasteiger partial charge in [0.05, 0.1) is 24.7 Å². The van der Waals surface area contributed by atoms with Crippen LogP contribution >= 0.6 is 0 Å². The molecule has 0 aliphatic carbocycles. The van der Waals surface area contributed by atoms with Crippen LogP contribution in [-0.4, -0.2) is 12.8 Å². The lowest BCUT2D eigenvalue weighted by Gasteiger charge is -2.04. The fourth-order valence-corrected chi connectivity index (χ4v) is 2.97. The number of ether oxygens (including phenoxy) is 1. The summed E-state index contributed by atoms with van der Waals surface area (Å²) in [6, 6.07) is 16.8. The first-order valence-corrected chi connectivity index (χ1v) is 9.71. The molecule has 0 amide bonds. The Bertz CT molecular complexity index is 1150. The zero-order valence-electron chi connectivity index (χ0n) is 16.5. The van der Waals surface area contributed by atoms with Crippen LogP contribution in [0.25, 0.3) is 22.8 Å². The third kappa shape index (κ3) is 4.06. The summed E-state index contributed by atoms with van der Waals surface area (Å²) >= 11 is 0. The molecule has 0 saturated heterocycles. The normalized spacial score (nSPS) is 11.1. The number of furan rings is 3. The Labute approximate surface area is 174 Å². The van der Waals surface area contributed by atoms with Gasteiger partial charge in [0.25, 0.3) is 0 Å². The number of rotatable bonds is 8. The highest BCUT2D eigenvalue weighted by Crippen LogP contribution is 2.42. The van der Waals surface area contributed by atoms with Crippen molar-refractivity contribution in [3.63, 3.8) is 0 Å². The topological polar surface area (TPSA) is 84.8 Å². The second kappa shape index (κ2) is 9.01. The van der Waals surface area contributed by atoms with Gasteiger partial charge in [-0.05, 0) is 60.5 Å². The Morgan fingerprint density at radius 3 is 2.40 bits per heavy atom. The number of benzene rings is 1. The molecule has 0 saturated carbocycles. The van der Waals surface area contributed by atoms with Crippen molar-refractivity contribution in [3.05, 3.63) is 72.2 Å². The molecule has 3 aromatic heterocycles. The van der Waals surface area contributed by atoms with Crippen LogP contribution in [0.15, 0.2) is 79.3 Å². The zero-order valence-corrected chi connectivity index (χ0v) is 16.5. The molecule has 3 heterocycles. The van der Waals surface area contributed by atoms with E-state index in [1.807, 2.05) is 24.3 Å². The fraction of sp³-hybridized carbons (Fsp3) is 0.167. The molecule has 4 rings (SSSR count). The zero-order chi connectivity index (χ0) is 20.8. The van der Waals surface area contributed by atoms with Gasteiger partial charge in [-0.2, -0.15) is 5.26 Å². The monoisotopic (exact) mass is 400 g/mol. The molecular formula is C24H20N2O4. The molecule has 0 atom stereocenters. The average molecular weight is 400 g/mol. The standard InChI is InChI=1S/C24H20N2O4/c1-2-3-12-27-18-10-8-17(9-11-18)16-26-24-19(15-25)22(20-6-4-13-28-20)23(30-24)21-7-5-14-29-21/h4-11,13-14,16H,2-3,12H2,1H3/b26-16+. The first-order valence-electron chi connectivity index (χ1n) is 9.71. The lowest BCUT2D eigenvalue weighted by atomic mass is 10.1. The number of nitrogens with zero attached hydrogens (tertiary/aromatic N) is 2. The van der Waals surface area contributed by atoms with Crippen molar-refractivity contribution >= 4 is 12.1 Å². The average Bonchev–Trinajstić information content (AvgIpc) is 3.53. The first-order chi connectivity index (χ1) is 14.8. The number of aliphatic imine (C=N–C) groups is 1. The predicted octanol–water partition coefficient (Wildman–Crippen LogP) is 6.60. The van der Waals surface area contributed by atoms with Crippen molar-refractivity contribution < 1.29 is 18.0 Å². The van der Waals surface area contributed by atoms with Gasteiger partial charge in [-0.1, -0.05) is 13.3 Å². The molecule has 0 bridgehead atoms. The smallest absolute Gasteiger partial charge is 0.238 e. The third-order valence-corrected chi connectivity index (χ3v) is 4.49. The van der Waals surface area contributed by atoms with Gasteiger partial charge in [0.2, 0.25) is 5.88 Å². The van der Waals surface area contributed by atoms with Crippen LogP contribution in [-0.2, 0) is 0 Å². The van der Waals surface area contributed by atoms with E-state index in [0.717, 1.165) is 24.2 Å². The molecule has 0 aliphatic rings. The molecule has 1 aromatic carbocycles. The third-order valence-electron chi connectivity index (χ3n) is 4.49. The molecule has 30 heavy (non-hydrogen) atoms. The predicted molar refractivity (Wildman–Crippen MR) is 113 cm³/mol. The van der Waals surface area contributed by atoms with Crippen molar-refractivity contribution in [2.24, 2.45) is 4.99 Å². The summed E-state index contributed by atoms with van der Waals surface area (Å²) in [5, 5.41) is 9.77. The van der Waals surface area contributed by atoms with E-state index in [-0.39, 0.29) is 11.4 Å². The quantitative estimate of drug-likeness (QED) is 0.246. The van der Waals surface area contributed by atoms with Crippen LogP contribution in [0.3, 0.4) is 0 Å². The molecule has 0 N–H and O–H groups in total. The van der Waals surface area contributed by atoms with E-state index >= 15 is 0 Å². The van der Waals surface area contributed by atoms with E-state index in [2.05, 4.69) is 18.0 Å². The van der Waals surface area contributed by atoms with Gasteiger partial charge in [0.15, 0.2) is 11.5 Å². The maximum absolute atomic E-state index is 9.77. The van der Waals surface area contributed by atoms with E-state index in [9.17, 15) is 5.26 Å². The van der Waals surface area contributed by atoms with Gasteiger partial charge in [-0.3, -0.25) is 0 Å². The minimum absolute atomic E-state index is 0.193. The Hall–Kier alpha value is -3.98. The summed E-state index contributed by atoms with van der Waals surface area (Å²) in [6.07, 6.45) is 6.85. The molecule has 150 valence electrons. The van der Waals surface area contributed by atoms with Gasteiger partial charge in [-0.15, -0.1) is 0 Å². The Kier molecular flexibility index (Phi) is 5.81. The van der Waals surface area contributed by atoms with Crippen molar-refractivity contribution in [2.75, 3.05) is 6.61 Å². The summed E-state index contributed by atoms with van der Waals surface area (Å²) < 4.78 is 22.6. The minimum Gasteiger partial charge on any atom is -0.494 e. The maximum atomic E-state index is 9.77. The molecule has 0 fully saturated rings. The van der Waals surface area contributed by atoms with E-state index in [1.165, 1.54) is 0 Å². The molecule has 0 unspecified atom stereocenters. The molecular weight excluding hydrogens is 380 g/mol. The van der Waals surface area contributed by atoms with Crippen LogP contribution < -0.4 is 4.74 Å². The Morgan fingerprint density at radius 1 is 1.03 bits per heavy atom. The number of unbranched alkanes of at least 4 members (excludes halogenated alkanes) is 1. The van der Waals surface area contributed by atoms with Crippen LogP contribution in [0.2, 0.25) is 0 Å². The second-order valence-corrected chi connectivity index (χ2v) is 6.58. The number of hydrogen-bond acceptors (Lipinski definition) is 6. The van der Waals surface area contributed by atoms with Gasteiger partial charge in [0, 0.05) is 6.21 Å². The van der Waals surface area contributed by atoms with Crippen molar-refractivity contribution in [2.45, 2.75) is 19.8 Å². The molecule has 6 heteroatoms. The van der Waals surface area contributed by atoms with Crippen LogP contribution in [0, 0.1) is 11.3 Å². The summed E-state index contributed by atoms with van der Waals surface area (Å²) in [6.45, 7) is 2.83. The molecule has 4 aromatic rings. The Balaban J connectivity index is 1.65. The number of hydrogen-bond donors (Lipinski definition) is 0. The number of nitriles is 1. The second-order valence-electron chi connectivity index (χ2n) is 6.58. The van der Waals surface area contributed by atoms with Crippen LogP contribution in [0.5, 0.6) is 5.75 Å². The van der Waals surface area contributed by atoms with Gasteiger partial charge in [0.1, 0.15) is 23.1 Å². The fourth-order valence-electron chi connectivity index (χ4n) is 2.97. The van der Waals surface area contributed by atoms with Gasteiger partial charge >= 0.3 is 0 Å². The molecule has 0 aliphatic heterocycles. The summed E-state index contributed by atoms with van der Waals surface area (Å²) in [5.41, 5.74) is 1.66. The highest BCUT2D eigenvalue weighted by atomic mass is 16.5. The lowest BCUT2D eigenvalue weighted by molar-refractivity contribution is 0.309. The van der Waals surface area contributed by atoms with Crippen molar-refractivity contribution in [3.8, 4) is 34.7 Å². The van der Waals surface area contributed by atoms with E-state index in [1.54, 1.807) is 43.0 Å². The Morgan fingerprint density at radius 2 is 1.77 bits per heavy atom. The van der Waals surface area contributed by atoms with Crippen LogP contribution in [0.1, 0.15) is 30.9 Å². The highest BCUT2D eigenvalue weighted by Gasteiger charge is 2.25. The molecule has 0 radical (unpaired) electrons. The van der Waals surface area contributed by atoms with Crippen molar-refractivity contribution in [1.29, 1.82) is 5.26 Å². The molecule has 0 spiro atoms. The first kappa shape index (κ1) is 19.3. The maximum Gasteiger partial charge on any atom is 0.238 e. The van der Waals surface area contributed by atoms with E-state index in [4.69, 9.17) is 18.0 Å². The van der Waals surface area contributed by atoms with Gasteiger partial charge in [-0.25, -0.2) is 4.99 Å². The largest absolute Gasteiger partial charge is 0.494 e. The highest BCUT2D eigenvalue weighted by molar-refractivity contribution is 5.87. The van der Waals surface area contributed by atoms with E-state index < -0.39 is 0 Å².